The van der Waals surface area contributed by atoms with Gasteiger partial charge in [-0.3, -0.25) is 0 Å². The Bertz CT molecular complexity index is 323. The second-order valence-corrected chi connectivity index (χ2v) is 4.56. The van der Waals surface area contributed by atoms with Gasteiger partial charge in [-0.2, -0.15) is 0 Å². The van der Waals surface area contributed by atoms with E-state index in [0.29, 0.717) is 22.5 Å². The Balaban J connectivity index is 2.68. The van der Waals surface area contributed by atoms with Crippen LogP contribution in [0.25, 0.3) is 0 Å². The van der Waals surface area contributed by atoms with Gasteiger partial charge in [-0.25, -0.2) is 4.98 Å². The average Bonchev–Trinajstić information content (AvgIpc) is 2.00. The molecule has 0 bridgehead atoms. The molecule has 0 aromatic carbocycles. The van der Waals surface area contributed by atoms with E-state index in [0.717, 1.165) is 0 Å². The van der Waals surface area contributed by atoms with E-state index >= 15 is 0 Å². The quantitative estimate of drug-likeness (QED) is 0.875. The van der Waals surface area contributed by atoms with E-state index in [1.807, 2.05) is 13.8 Å². The van der Waals surface area contributed by atoms with Crippen molar-refractivity contribution < 1.29 is 4.74 Å². The summed E-state index contributed by atoms with van der Waals surface area (Å²) in [6, 6.07) is 1.58. The summed E-state index contributed by atoms with van der Waals surface area (Å²) in [5.74, 6) is 0.356. The first-order valence-corrected chi connectivity index (χ1v) is 4.87. The molecule has 0 spiro atoms. The monoisotopic (exact) mass is 234 g/mol. The zero-order chi connectivity index (χ0) is 10.8. The lowest BCUT2D eigenvalue weighted by molar-refractivity contribution is 0.235. The number of nitrogens with zero attached hydrogens (tertiary/aromatic N) is 1. The molecule has 14 heavy (non-hydrogen) atoms. The van der Waals surface area contributed by atoms with Gasteiger partial charge in [-0.05, 0) is 19.9 Å². The minimum atomic E-state index is -0.412. The molecule has 0 fully saturated rings. The van der Waals surface area contributed by atoms with Gasteiger partial charge in [0, 0.05) is 11.7 Å². The number of pyridine rings is 1. The summed E-state index contributed by atoms with van der Waals surface area (Å²) >= 11 is 11.5. The van der Waals surface area contributed by atoms with Gasteiger partial charge in [0.1, 0.15) is 11.6 Å². The molecule has 1 aromatic rings. The van der Waals surface area contributed by atoms with Crippen molar-refractivity contribution in [2.75, 3.05) is 6.61 Å². The standard InChI is InChI=1S/C9H12Cl2N2O/c1-9(2,12)5-14-8-7(11)3-6(10)4-13-8/h3-4H,5,12H2,1-2H3. The van der Waals surface area contributed by atoms with E-state index in [4.69, 9.17) is 33.7 Å². The van der Waals surface area contributed by atoms with Crippen LogP contribution in [0.4, 0.5) is 0 Å². The van der Waals surface area contributed by atoms with Crippen LogP contribution in [-0.4, -0.2) is 17.1 Å². The molecule has 0 atom stereocenters. The molecule has 1 aromatic heterocycles. The Morgan fingerprint density at radius 1 is 1.50 bits per heavy atom. The zero-order valence-electron chi connectivity index (χ0n) is 8.05. The van der Waals surface area contributed by atoms with Crippen molar-refractivity contribution in [3.05, 3.63) is 22.3 Å². The molecule has 78 valence electrons. The first-order valence-electron chi connectivity index (χ1n) is 4.11. The van der Waals surface area contributed by atoms with E-state index in [1.165, 1.54) is 6.20 Å². The SMILES string of the molecule is CC(C)(N)COc1ncc(Cl)cc1Cl. The van der Waals surface area contributed by atoms with Gasteiger partial charge in [0.15, 0.2) is 0 Å². The van der Waals surface area contributed by atoms with Crippen LogP contribution in [0.3, 0.4) is 0 Å². The first-order chi connectivity index (χ1) is 6.38. The van der Waals surface area contributed by atoms with Crippen LogP contribution in [0.15, 0.2) is 12.3 Å². The molecule has 3 nitrogen and oxygen atoms in total. The topological polar surface area (TPSA) is 48.1 Å². The molecule has 0 radical (unpaired) electrons. The van der Waals surface area contributed by atoms with Crippen molar-refractivity contribution in [3.63, 3.8) is 0 Å². The Morgan fingerprint density at radius 3 is 2.64 bits per heavy atom. The molecule has 0 saturated heterocycles. The third-order valence-electron chi connectivity index (χ3n) is 1.35. The number of aromatic nitrogens is 1. The summed E-state index contributed by atoms with van der Waals surface area (Å²) < 4.78 is 5.33. The van der Waals surface area contributed by atoms with E-state index in [-0.39, 0.29) is 0 Å². The Kier molecular flexibility index (Phi) is 3.59. The van der Waals surface area contributed by atoms with Crippen molar-refractivity contribution in [1.29, 1.82) is 0 Å². The summed E-state index contributed by atoms with van der Waals surface area (Å²) in [6.45, 7) is 4.06. The van der Waals surface area contributed by atoms with Gasteiger partial charge in [-0.15, -0.1) is 0 Å². The van der Waals surface area contributed by atoms with E-state index in [1.54, 1.807) is 6.07 Å². The summed E-state index contributed by atoms with van der Waals surface area (Å²) in [4.78, 5) is 3.94. The second-order valence-electron chi connectivity index (χ2n) is 3.72. The van der Waals surface area contributed by atoms with Crippen molar-refractivity contribution >= 4 is 23.2 Å². The molecule has 1 heterocycles. The molecule has 1 rings (SSSR count). The highest BCUT2D eigenvalue weighted by molar-refractivity contribution is 6.35. The molecular formula is C9H12Cl2N2O. The molecule has 0 amide bonds. The fraction of sp³-hybridized carbons (Fsp3) is 0.444. The van der Waals surface area contributed by atoms with Crippen LogP contribution in [0.1, 0.15) is 13.8 Å². The number of rotatable bonds is 3. The van der Waals surface area contributed by atoms with Crippen LogP contribution in [0, 0.1) is 0 Å². The summed E-state index contributed by atoms with van der Waals surface area (Å²) in [5.41, 5.74) is 5.33. The van der Waals surface area contributed by atoms with Crippen molar-refractivity contribution in [2.45, 2.75) is 19.4 Å². The van der Waals surface area contributed by atoms with Crippen molar-refractivity contribution in [1.82, 2.24) is 4.98 Å². The third kappa shape index (κ3) is 3.70. The van der Waals surface area contributed by atoms with Gasteiger partial charge < -0.3 is 10.5 Å². The summed E-state index contributed by atoms with van der Waals surface area (Å²) in [7, 11) is 0. The molecular weight excluding hydrogens is 223 g/mol. The van der Waals surface area contributed by atoms with Crippen LogP contribution in [0.2, 0.25) is 10.0 Å². The van der Waals surface area contributed by atoms with Crippen molar-refractivity contribution in [2.24, 2.45) is 5.73 Å². The van der Waals surface area contributed by atoms with Crippen LogP contribution in [0.5, 0.6) is 5.88 Å². The lowest BCUT2D eigenvalue weighted by Crippen LogP contribution is -2.38. The molecule has 0 aliphatic rings. The largest absolute Gasteiger partial charge is 0.475 e. The summed E-state index contributed by atoms with van der Waals surface area (Å²) in [6.07, 6.45) is 1.48. The first kappa shape index (κ1) is 11.6. The van der Waals surface area contributed by atoms with Gasteiger partial charge >= 0.3 is 0 Å². The maximum Gasteiger partial charge on any atom is 0.232 e. The highest BCUT2D eigenvalue weighted by atomic mass is 35.5. The smallest absolute Gasteiger partial charge is 0.232 e. The van der Waals surface area contributed by atoms with Crippen LogP contribution < -0.4 is 10.5 Å². The lowest BCUT2D eigenvalue weighted by Gasteiger charge is -2.18. The van der Waals surface area contributed by atoms with Crippen LogP contribution in [-0.2, 0) is 0 Å². The van der Waals surface area contributed by atoms with Crippen molar-refractivity contribution in [3.8, 4) is 5.88 Å². The molecule has 0 unspecified atom stereocenters. The van der Waals surface area contributed by atoms with E-state index in [9.17, 15) is 0 Å². The highest BCUT2D eigenvalue weighted by Crippen LogP contribution is 2.24. The predicted octanol–water partition coefficient (Wildman–Crippen LogP) is 2.50. The molecule has 0 saturated carbocycles. The van der Waals surface area contributed by atoms with Gasteiger partial charge in [0.25, 0.3) is 0 Å². The minimum Gasteiger partial charge on any atom is -0.475 e. The molecule has 0 aliphatic carbocycles. The summed E-state index contributed by atoms with van der Waals surface area (Å²) in [5, 5.41) is 0.871. The number of hydrogen-bond donors (Lipinski definition) is 1. The Hall–Kier alpha value is -0.510. The van der Waals surface area contributed by atoms with Gasteiger partial charge in [0.05, 0.1) is 5.02 Å². The maximum atomic E-state index is 5.85. The fourth-order valence-electron chi connectivity index (χ4n) is 0.763. The minimum absolute atomic E-state index is 0.349. The number of nitrogens with two attached hydrogens (primary N) is 1. The second kappa shape index (κ2) is 4.34. The lowest BCUT2D eigenvalue weighted by atomic mass is 10.1. The molecule has 0 aliphatic heterocycles. The number of ether oxygens (including phenoxy) is 1. The Labute approximate surface area is 93.2 Å². The van der Waals surface area contributed by atoms with Crippen LogP contribution >= 0.6 is 23.2 Å². The normalized spacial score (nSPS) is 11.5. The predicted molar refractivity (Wildman–Crippen MR) is 58.0 cm³/mol. The number of halogens is 2. The van der Waals surface area contributed by atoms with Gasteiger partial charge in [0.2, 0.25) is 5.88 Å². The van der Waals surface area contributed by atoms with Gasteiger partial charge in [-0.1, -0.05) is 23.2 Å². The number of hydrogen-bond acceptors (Lipinski definition) is 3. The average molecular weight is 235 g/mol. The molecule has 5 heteroatoms. The van der Waals surface area contributed by atoms with E-state index in [2.05, 4.69) is 4.98 Å². The zero-order valence-corrected chi connectivity index (χ0v) is 9.56. The third-order valence-corrected chi connectivity index (χ3v) is 1.83. The fourth-order valence-corrected chi connectivity index (χ4v) is 1.20. The Morgan fingerprint density at radius 2 is 2.14 bits per heavy atom. The maximum absolute atomic E-state index is 5.85. The molecule has 2 N–H and O–H groups in total. The highest BCUT2D eigenvalue weighted by Gasteiger charge is 2.13. The van der Waals surface area contributed by atoms with E-state index < -0.39 is 5.54 Å².